The van der Waals surface area contributed by atoms with Gasteiger partial charge in [-0.3, -0.25) is 9.59 Å². The Morgan fingerprint density at radius 1 is 1.43 bits per heavy atom. The van der Waals surface area contributed by atoms with E-state index in [2.05, 4.69) is 22.5 Å². The van der Waals surface area contributed by atoms with Crippen molar-refractivity contribution in [3.63, 3.8) is 0 Å². The first kappa shape index (κ1) is 15.6. The Bertz CT molecular complexity index is 830. The third kappa shape index (κ3) is 2.96. The fraction of sp³-hybridized carbons (Fsp3) is 0.375. The molecule has 1 amide bonds. The monoisotopic (exact) mass is 330 g/mol. The van der Waals surface area contributed by atoms with E-state index in [9.17, 15) is 9.59 Å². The van der Waals surface area contributed by atoms with Crippen LogP contribution in [0.15, 0.2) is 24.3 Å². The van der Waals surface area contributed by atoms with Crippen molar-refractivity contribution in [3.05, 3.63) is 29.0 Å². The second-order valence-corrected chi connectivity index (χ2v) is 5.90. The number of nitrogens with one attached hydrogen (secondary N) is 2. The maximum atomic E-state index is 12.5. The molecule has 2 heterocycles. The number of rotatable bonds is 5. The lowest BCUT2D eigenvalue weighted by Gasteiger charge is -2.09. The number of carbonyl (C=O) groups is 2. The summed E-state index contributed by atoms with van der Waals surface area (Å²) < 4.78 is 1.60. The van der Waals surface area contributed by atoms with Gasteiger partial charge in [0.05, 0.1) is 11.9 Å². The van der Waals surface area contributed by atoms with Gasteiger partial charge in [-0.2, -0.15) is 0 Å². The molecule has 23 heavy (non-hydrogen) atoms. The van der Waals surface area contributed by atoms with Crippen LogP contribution < -0.4 is 10.6 Å². The summed E-state index contributed by atoms with van der Waals surface area (Å²) in [6, 6.07) is 6.88. The molecule has 2 aromatic rings. The highest BCUT2D eigenvalue weighted by Gasteiger charge is 2.33. The van der Waals surface area contributed by atoms with Gasteiger partial charge < -0.3 is 10.6 Å². The van der Waals surface area contributed by atoms with Crippen molar-refractivity contribution in [2.75, 3.05) is 11.9 Å². The number of hydrogen-bond donors (Lipinski definition) is 2. The molecule has 0 spiro atoms. The summed E-state index contributed by atoms with van der Waals surface area (Å²) in [6.07, 6.45) is 2.03. The fourth-order valence-corrected chi connectivity index (χ4v) is 2.95. The average Bonchev–Trinajstić information content (AvgIpc) is 2.85. The van der Waals surface area contributed by atoms with E-state index in [0.717, 1.165) is 23.7 Å². The zero-order valence-electron chi connectivity index (χ0n) is 12.8. The van der Waals surface area contributed by atoms with E-state index >= 15 is 0 Å². The SMILES string of the molecule is CCCCNC(=O)CC1Nc2c3ccccc3nc(=S)n2C1=O. The summed E-state index contributed by atoms with van der Waals surface area (Å²) in [6.45, 7) is 2.69. The number of hydrogen-bond acceptors (Lipinski definition) is 5. The molecule has 1 aliphatic rings. The number of para-hydroxylation sites is 1. The van der Waals surface area contributed by atoms with Gasteiger partial charge in [-0.15, -0.1) is 0 Å². The van der Waals surface area contributed by atoms with E-state index in [0.29, 0.717) is 12.4 Å². The zero-order chi connectivity index (χ0) is 16.4. The molecule has 1 aromatic carbocycles. The second-order valence-electron chi connectivity index (χ2n) is 5.54. The first-order chi connectivity index (χ1) is 11.1. The van der Waals surface area contributed by atoms with Crippen LogP contribution in [0.1, 0.15) is 31.0 Å². The highest BCUT2D eigenvalue weighted by atomic mass is 32.1. The Kier molecular flexibility index (Phi) is 4.38. The molecule has 0 saturated carbocycles. The number of amides is 1. The first-order valence-corrected chi connectivity index (χ1v) is 8.12. The van der Waals surface area contributed by atoms with E-state index in [-0.39, 0.29) is 23.0 Å². The smallest absolute Gasteiger partial charge is 0.257 e. The van der Waals surface area contributed by atoms with Crippen LogP contribution in [-0.2, 0) is 4.79 Å². The quantitative estimate of drug-likeness (QED) is 0.651. The highest BCUT2D eigenvalue weighted by Crippen LogP contribution is 2.28. The molecular weight excluding hydrogens is 312 g/mol. The number of benzene rings is 1. The predicted molar refractivity (Wildman–Crippen MR) is 91.1 cm³/mol. The van der Waals surface area contributed by atoms with Crippen molar-refractivity contribution >= 4 is 40.8 Å². The minimum atomic E-state index is -0.606. The van der Waals surface area contributed by atoms with Crippen molar-refractivity contribution in [2.45, 2.75) is 32.2 Å². The molecule has 2 N–H and O–H groups in total. The molecule has 1 aromatic heterocycles. The Morgan fingerprint density at radius 3 is 3.00 bits per heavy atom. The lowest BCUT2D eigenvalue weighted by molar-refractivity contribution is -0.121. The summed E-state index contributed by atoms with van der Waals surface area (Å²) in [4.78, 5) is 28.8. The van der Waals surface area contributed by atoms with Crippen molar-refractivity contribution in [1.82, 2.24) is 14.9 Å². The maximum absolute atomic E-state index is 12.5. The fourth-order valence-electron chi connectivity index (χ4n) is 2.67. The molecular formula is C16H18N4O2S. The third-order valence-corrected chi connectivity index (χ3v) is 4.14. The maximum Gasteiger partial charge on any atom is 0.257 e. The highest BCUT2D eigenvalue weighted by molar-refractivity contribution is 7.71. The first-order valence-electron chi connectivity index (χ1n) is 7.71. The number of nitrogens with zero attached hydrogens (tertiary/aromatic N) is 2. The van der Waals surface area contributed by atoms with Gasteiger partial charge in [0.25, 0.3) is 5.91 Å². The van der Waals surface area contributed by atoms with Crippen LogP contribution in [-0.4, -0.2) is 34.0 Å². The predicted octanol–water partition coefficient (Wildman–Crippen LogP) is 2.51. The van der Waals surface area contributed by atoms with Crippen LogP contribution >= 0.6 is 12.2 Å². The van der Waals surface area contributed by atoms with E-state index in [1.165, 1.54) is 4.57 Å². The molecule has 1 aliphatic heterocycles. The van der Waals surface area contributed by atoms with Crippen LogP contribution in [0.3, 0.4) is 0 Å². The number of carbonyl (C=O) groups excluding carboxylic acids is 2. The Hall–Kier alpha value is -2.28. The van der Waals surface area contributed by atoms with Gasteiger partial charge in [0.15, 0.2) is 0 Å². The Labute approximate surface area is 138 Å². The molecule has 120 valence electrons. The van der Waals surface area contributed by atoms with Crippen LogP contribution in [0.25, 0.3) is 10.9 Å². The van der Waals surface area contributed by atoms with Crippen LogP contribution in [0.2, 0.25) is 0 Å². The van der Waals surface area contributed by atoms with Gasteiger partial charge >= 0.3 is 0 Å². The molecule has 0 bridgehead atoms. The van der Waals surface area contributed by atoms with E-state index in [4.69, 9.17) is 12.2 Å². The number of anilines is 1. The molecule has 0 fully saturated rings. The summed E-state index contributed by atoms with van der Waals surface area (Å²) in [5.41, 5.74) is 0.733. The van der Waals surface area contributed by atoms with Crippen molar-refractivity contribution < 1.29 is 9.59 Å². The molecule has 0 aliphatic carbocycles. The number of fused-ring (bicyclic) bond motifs is 3. The molecule has 0 radical (unpaired) electrons. The summed E-state index contributed by atoms with van der Waals surface area (Å²) in [5.74, 6) is 0.256. The van der Waals surface area contributed by atoms with Crippen LogP contribution in [0.5, 0.6) is 0 Å². The van der Waals surface area contributed by atoms with E-state index in [1.54, 1.807) is 0 Å². The normalized spacial score (nSPS) is 16.2. The summed E-state index contributed by atoms with van der Waals surface area (Å²) in [5, 5.41) is 6.79. The van der Waals surface area contributed by atoms with Gasteiger partial charge in [0.1, 0.15) is 11.9 Å². The van der Waals surface area contributed by atoms with Gasteiger partial charge in [0.2, 0.25) is 10.7 Å². The Morgan fingerprint density at radius 2 is 2.22 bits per heavy atom. The molecule has 3 rings (SSSR count). The molecule has 6 nitrogen and oxygen atoms in total. The van der Waals surface area contributed by atoms with Crippen LogP contribution in [0, 0.1) is 4.77 Å². The van der Waals surface area contributed by atoms with Gasteiger partial charge in [-0.05, 0) is 30.8 Å². The van der Waals surface area contributed by atoms with E-state index in [1.807, 2.05) is 24.3 Å². The van der Waals surface area contributed by atoms with Gasteiger partial charge in [-0.25, -0.2) is 9.55 Å². The van der Waals surface area contributed by atoms with Crippen LogP contribution in [0.4, 0.5) is 5.82 Å². The van der Waals surface area contributed by atoms with E-state index < -0.39 is 6.04 Å². The van der Waals surface area contributed by atoms with Gasteiger partial charge in [-0.1, -0.05) is 25.5 Å². The third-order valence-electron chi connectivity index (χ3n) is 3.86. The standard InChI is InChI=1S/C16H18N4O2S/c1-2-3-8-17-13(21)9-12-15(22)20-14(18-12)10-6-4-5-7-11(10)19-16(20)23/h4-7,12,18H,2-3,8-9H2,1H3,(H,17,21). The average molecular weight is 330 g/mol. The van der Waals surface area contributed by atoms with Crippen molar-refractivity contribution in [3.8, 4) is 0 Å². The number of unbranched alkanes of at least 4 members (excludes halogenated alkanes) is 1. The zero-order valence-corrected chi connectivity index (χ0v) is 13.7. The Balaban J connectivity index is 1.84. The minimum Gasteiger partial charge on any atom is -0.358 e. The molecule has 0 saturated heterocycles. The number of aromatic nitrogens is 2. The topological polar surface area (TPSA) is 76.0 Å². The van der Waals surface area contributed by atoms with Gasteiger partial charge in [0, 0.05) is 11.9 Å². The molecule has 1 unspecified atom stereocenters. The van der Waals surface area contributed by atoms with Crippen molar-refractivity contribution in [1.29, 1.82) is 0 Å². The lowest BCUT2D eigenvalue weighted by atomic mass is 10.2. The second kappa shape index (κ2) is 6.45. The minimum absolute atomic E-state index is 0.0906. The summed E-state index contributed by atoms with van der Waals surface area (Å²) >= 11 is 5.23. The van der Waals surface area contributed by atoms with Crippen molar-refractivity contribution in [2.24, 2.45) is 0 Å². The molecule has 1 atom stereocenters. The largest absolute Gasteiger partial charge is 0.358 e. The summed E-state index contributed by atoms with van der Waals surface area (Å²) in [7, 11) is 0. The lowest BCUT2D eigenvalue weighted by Crippen LogP contribution is -2.34. The molecule has 7 heteroatoms.